The number of halogens is 1. The van der Waals surface area contributed by atoms with E-state index in [4.69, 9.17) is 16.6 Å². The number of H-pyrrole nitrogens is 2. The molecule has 1 aliphatic carbocycles. The summed E-state index contributed by atoms with van der Waals surface area (Å²) >= 11 is 6.10. The highest BCUT2D eigenvalue weighted by atomic mass is 35.5. The Morgan fingerprint density at radius 3 is 3.08 bits per heavy atom. The number of fused-ring (bicyclic) bond motifs is 2. The second-order valence-corrected chi connectivity index (χ2v) is 7.71. The molecule has 7 heteroatoms. The van der Waals surface area contributed by atoms with Crippen molar-refractivity contribution in [1.29, 1.82) is 0 Å². The molecule has 0 spiro atoms. The number of carbonyl (C=O) groups is 1. The SMILES string of the molecule is O=C(CCC1CC1)N1CCc2[nH]cnc2[C@H]1c1nc2ccc(Cl)cc2[nH]1. The van der Waals surface area contributed by atoms with E-state index in [9.17, 15) is 4.79 Å². The van der Waals surface area contributed by atoms with E-state index in [1.165, 1.54) is 12.8 Å². The summed E-state index contributed by atoms with van der Waals surface area (Å²) in [6.45, 7) is 0.682. The highest BCUT2D eigenvalue weighted by Gasteiger charge is 2.36. The number of carbonyl (C=O) groups excluding carboxylic acids is 1. The monoisotopic (exact) mass is 369 g/mol. The minimum absolute atomic E-state index is 0.189. The van der Waals surface area contributed by atoms with E-state index in [0.717, 1.165) is 47.0 Å². The first-order valence-electron chi connectivity index (χ1n) is 9.16. The summed E-state index contributed by atoms with van der Waals surface area (Å²) in [5, 5.41) is 0.661. The molecule has 2 N–H and O–H groups in total. The molecule has 1 fully saturated rings. The van der Waals surface area contributed by atoms with Gasteiger partial charge in [-0.25, -0.2) is 9.97 Å². The smallest absolute Gasteiger partial charge is 0.223 e. The van der Waals surface area contributed by atoms with E-state index in [1.807, 2.05) is 23.1 Å². The maximum atomic E-state index is 12.9. The van der Waals surface area contributed by atoms with Crippen molar-refractivity contribution in [1.82, 2.24) is 24.8 Å². The third kappa shape index (κ3) is 2.78. The van der Waals surface area contributed by atoms with Crippen LogP contribution in [0.3, 0.4) is 0 Å². The van der Waals surface area contributed by atoms with Crippen LogP contribution >= 0.6 is 11.6 Å². The fraction of sp³-hybridized carbons (Fsp3) is 0.421. The number of hydrogen-bond donors (Lipinski definition) is 2. The van der Waals surface area contributed by atoms with Gasteiger partial charge in [0.2, 0.25) is 5.91 Å². The maximum Gasteiger partial charge on any atom is 0.223 e. The van der Waals surface area contributed by atoms with Gasteiger partial charge in [0, 0.05) is 30.1 Å². The average molecular weight is 370 g/mol. The molecule has 0 bridgehead atoms. The van der Waals surface area contributed by atoms with Crippen molar-refractivity contribution in [2.45, 2.75) is 38.1 Å². The first-order valence-corrected chi connectivity index (χ1v) is 9.53. The highest BCUT2D eigenvalue weighted by molar-refractivity contribution is 6.31. The molecular weight excluding hydrogens is 350 g/mol. The molecule has 3 aromatic rings. The Bertz CT molecular complexity index is 973. The Hall–Kier alpha value is -2.34. The Kier molecular flexibility index (Phi) is 3.74. The van der Waals surface area contributed by atoms with Crippen molar-refractivity contribution in [3.05, 3.63) is 46.8 Å². The Balaban J connectivity index is 1.52. The fourth-order valence-electron chi connectivity index (χ4n) is 3.83. The lowest BCUT2D eigenvalue weighted by atomic mass is 10.0. The van der Waals surface area contributed by atoms with Crippen molar-refractivity contribution >= 4 is 28.5 Å². The number of benzene rings is 1. The normalized spacial score (nSPS) is 19.7. The minimum atomic E-state index is -0.275. The van der Waals surface area contributed by atoms with Crippen LogP contribution in [-0.2, 0) is 11.2 Å². The number of aromatic nitrogens is 4. The first kappa shape index (κ1) is 15.9. The molecule has 5 rings (SSSR count). The van der Waals surface area contributed by atoms with E-state index < -0.39 is 0 Å². The lowest BCUT2D eigenvalue weighted by Crippen LogP contribution is -2.41. The summed E-state index contributed by atoms with van der Waals surface area (Å²) in [6.07, 6.45) is 6.63. The number of aromatic amines is 2. The van der Waals surface area contributed by atoms with Crippen LogP contribution in [0.25, 0.3) is 11.0 Å². The molecule has 1 atom stereocenters. The third-order valence-corrected chi connectivity index (χ3v) is 5.67. The van der Waals surface area contributed by atoms with Gasteiger partial charge in [-0.05, 0) is 30.5 Å². The zero-order chi connectivity index (χ0) is 17.7. The third-order valence-electron chi connectivity index (χ3n) is 5.43. The van der Waals surface area contributed by atoms with Gasteiger partial charge in [-0.1, -0.05) is 24.4 Å². The molecule has 26 heavy (non-hydrogen) atoms. The zero-order valence-electron chi connectivity index (χ0n) is 14.3. The van der Waals surface area contributed by atoms with Gasteiger partial charge < -0.3 is 14.9 Å². The number of nitrogens with zero attached hydrogens (tertiary/aromatic N) is 3. The number of imidazole rings is 2. The molecule has 1 amide bonds. The summed E-state index contributed by atoms with van der Waals surface area (Å²) in [7, 11) is 0. The van der Waals surface area contributed by atoms with Crippen molar-refractivity contribution < 1.29 is 4.79 Å². The summed E-state index contributed by atoms with van der Waals surface area (Å²) in [5.74, 6) is 1.68. The quantitative estimate of drug-likeness (QED) is 0.737. The van der Waals surface area contributed by atoms with Crippen molar-refractivity contribution in [3.8, 4) is 0 Å². The molecule has 2 aliphatic rings. The van der Waals surface area contributed by atoms with Crippen LogP contribution in [-0.4, -0.2) is 37.3 Å². The van der Waals surface area contributed by atoms with Crippen molar-refractivity contribution in [2.24, 2.45) is 5.92 Å². The van der Waals surface area contributed by atoms with Gasteiger partial charge in [0.15, 0.2) is 0 Å². The van der Waals surface area contributed by atoms with Crippen molar-refractivity contribution in [2.75, 3.05) is 6.54 Å². The molecule has 0 saturated heterocycles. The van der Waals surface area contributed by atoms with E-state index >= 15 is 0 Å². The number of nitrogens with one attached hydrogen (secondary N) is 2. The van der Waals surface area contributed by atoms with E-state index in [2.05, 4.69) is 15.0 Å². The fourth-order valence-corrected chi connectivity index (χ4v) is 4.00. The second-order valence-electron chi connectivity index (χ2n) is 7.27. The maximum absolute atomic E-state index is 12.9. The van der Waals surface area contributed by atoms with Gasteiger partial charge in [0.05, 0.1) is 23.1 Å². The number of hydrogen-bond acceptors (Lipinski definition) is 3. The predicted molar refractivity (Wildman–Crippen MR) is 98.9 cm³/mol. The van der Waals surface area contributed by atoms with Crippen molar-refractivity contribution in [3.63, 3.8) is 0 Å². The zero-order valence-corrected chi connectivity index (χ0v) is 15.1. The van der Waals surface area contributed by atoms with E-state index in [1.54, 1.807) is 6.33 Å². The molecular formula is C19H20ClN5O. The molecule has 2 aromatic heterocycles. The van der Waals surface area contributed by atoms with Gasteiger partial charge in [0.1, 0.15) is 11.9 Å². The van der Waals surface area contributed by atoms with Crippen LogP contribution in [0.2, 0.25) is 5.02 Å². The Labute approximate surface area is 156 Å². The molecule has 1 aliphatic heterocycles. The summed E-state index contributed by atoms with van der Waals surface area (Å²) in [5.41, 5.74) is 3.69. The number of amides is 1. The molecule has 1 saturated carbocycles. The lowest BCUT2D eigenvalue weighted by molar-refractivity contribution is -0.133. The molecule has 134 valence electrons. The van der Waals surface area contributed by atoms with Crippen LogP contribution in [0, 0.1) is 5.92 Å². The topological polar surface area (TPSA) is 77.7 Å². The van der Waals surface area contributed by atoms with Gasteiger partial charge in [0.25, 0.3) is 0 Å². The summed E-state index contributed by atoms with van der Waals surface area (Å²) < 4.78 is 0. The van der Waals surface area contributed by atoms with E-state index in [-0.39, 0.29) is 11.9 Å². The molecule has 6 nitrogen and oxygen atoms in total. The average Bonchev–Trinajstić information content (AvgIpc) is 3.18. The summed E-state index contributed by atoms with van der Waals surface area (Å²) in [4.78, 5) is 30.7. The predicted octanol–water partition coefficient (Wildman–Crippen LogP) is 3.60. The molecule has 1 aromatic carbocycles. The Morgan fingerprint density at radius 1 is 1.35 bits per heavy atom. The molecule has 3 heterocycles. The van der Waals surface area contributed by atoms with Gasteiger partial charge in [-0.3, -0.25) is 4.79 Å². The van der Waals surface area contributed by atoms with Crippen LogP contribution in [0.15, 0.2) is 24.5 Å². The van der Waals surface area contributed by atoms with E-state index in [0.29, 0.717) is 18.0 Å². The largest absolute Gasteiger partial charge is 0.348 e. The van der Waals surface area contributed by atoms with Crippen LogP contribution in [0.5, 0.6) is 0 Å². The second kappa shape index (κ2) is 6.13. The number of rotatable bonds is 4. The van der Waals surface area contributed by atoms with Crippen LogP contribution in [0.4, 0.5) is 0 Å². The highest BCUT2D eigenvalue weighted by Crippen LogP contribution is 2.36. The molecule has 0 unspecified atom stereocenters. The summed E-state index contributed by atoms with van der Waals surface area (Å²) in [6, 6.07) is 5.31. The standard InChI is InChI=1S/C19H20ClN5O/c20-12-4-5-13-15(9-12)24-19(23-13)18-17-14(21-10-22-17)7-8-25(18)16(26)6-3-11-1-2-11/h4-5,9-11,18H,1-3,6-8H2,(H,21,22)(H,23,24)/t18-/m0/s1. The molecule has 0 radical (unpaired) electrons. The lowest BCUT2D eigenvalue weighted by Gasteiger charge is -2.34. The van der Waals surface area contributed by atoms with Crippen LogP contribution < -0.4 is 0 Å². The van der Waals surface area contributed by atoms with Gasteiger partial charge >= 0.3 is 0 Å². The minimum Gasteiger partial charge on any atom is -0.348 e. The van der Waals surface area contributed by atoms with Crippen LogP contribution in [0.1, 0.15) is 48.9 Å². The van der Waals surface area contributed by atoms with Gasteiger partial charge in [-0.15, -0.1) is 0 Å². The Morgan fingerprint density at radius 2 is 2.23 bits per heavy atom. The van der Waals surface area contributed by atoms with Gasteiger partial charge in [-0.2, -0.15) is 0 Å². The first-order chi connectivity index (χ1) is 12.7.